The Kier molecular flexibility index (Phi) is 4.66. The molecule has 1 heterocycles. The van der Waals surface area contributed by atoms with Gasteiger partial charge in [0, 0.05) is 0 Å². The van der Waals surface area contributed by atoms with E-state index in [1.165, 1.54) is 4.68 Å². The third-order valence-corrected chi connectivity index (χ3v) is 4.32. The van der Waals surface area contributed by atoms with Gasteiger partial charge in [0.2, 0.25) is 5.16 Å². The second-order valence-corrected chi connectivity index (χ2v) is 6.27. The van der Waals surface area contributed by atoms with Crippen molar-refractivity contribution in [3.63, 3.8) is 0 Å². The number of carbonyl (C=O) groups is 1. The predicted molar refractivity (Wildman–Crippen MR) is 85.2 cm³/mol. The van der Waals surface area contributed by atoms with Crippen molar-refractivity contribution in [3.8, 4) is 5.69 Å². The van der Waals surface area contributed by atoms with Gasteiger partial charge in [-0.2, -0.15) is 4.68 Å². The maximum Gasteiger partial charge on any atom is 0.214 e. The summed E-state index contributed by atoms with van der Waals surface area (Å²) in [6, 6.07) is 12.0. The Bertz CT molecular complexity index is 870. The van der Waals surface area contributed by atoms with Crippen LogP contribution in [0, 0.1) is 11.6 Å². The zero-order chi connectivity index (χ0) is 17.1. The molecule has 122 valence electrons. The van der Waals surface area contributed by atoms with E-state index in [4.69, 9.17) is 0 Å². The molecular weight excluding hydrogens is 334 g/mol. The standard InChI is InChI=1S/C16H12F2N4OS/c1-10(15(23)13-9-11(17)7-8-14(13)18)24-16-19-20-21-22(16)12-5-3-2-4-6-12/h2-10H,1H3. The van der Waals surface area contributed by atoms with Crippen molar-refractivity contribution < 1.29 is 13.6 Å². The zero-order valence-corrected chi connectivity index (χ0v) is 13.4. The van der Waals surface area contributed by atoms with Crippen LogP contribution < -0.4 is 0 Å². The number of hydrogen-bond donors (Lipinski definition) is 0. The Morgan fingerprint density at radius 1 is 1.17 bits per heavy atom. The van der Waals surface area contributed by atoms with E-state index in [0.717, 1.165) is 35.6 Å². The molecule has 0 radical (unpaired) electrons. The summed E-state index contributed by atoms with van der Waals surface area (Å²) >= 11 is 1.08. The molecule has 1 unspecified atom stereocenters. The molecule has 24 heavy (non-hydrogen) atoms. The van der Waals surface area contributed by atoms with Crippen molar-refractivity contribution in [2.24, 2.45) is 0 Å². The highest BCUT2D eigenvalue weighted by molar-refractivity contribution is 8.00. The molecule has 3 rings (SSSR count). The van der Waals surface area contributed by atoms with Crippen molar-refractivity contribution >= 4 is 17.5 Å². The van der Waals surface area contributed by atoms with Gasteiger partial charge in [0.05, 0.1) is 16.5 Å². The number of para-hydroxylation sites is 1. The van der Waals surface area contributed by atoms with Crippen molar-refractivity contribution in [2.45, 2.75) is 17.3 Å². The summed E-state index contributed by atoms with van der Waals surface area (Å²) in [7, 11) is 0. The minimum Gasteiger partial charge on any atom is -0.293 e. The van der Waals surface area contributed by atoms with E-state index in [2.05, 4.69) is 15.5 Å². The number of tetrazole rings is 1. The number of halogens is 2. The lowest BCUT2D eigenvalue weighted by Crippen LogP contribution is -2.16. The molecule has 8 heteroatoms. The van der Waals surface area contributed by atoms with Crippen LogP contribution in [0.5, 0.6) is 0 Å². The molecule has 0 bridgehead atoms. The number of rotatable bonds is 5. The molecule has 0 aliphatic heterocycles. The minimum absolute atomic E-state index is 0.284. The Hall–Kier alpha value is -2.61. The normalized spacial score (nSPS) is 12.1. The van der Waals surface area contributed by atoms with Gasteiger partial charge in [0.15, 0.2) is 5.78 Å². The summed E-state index contributed by atoms with van der Waals surface area (Å²) in [6.07, 6.45) is 0. The molecule has 0 aliphatic carbocycles. The fourth-order valence-corrected chi connectivity index (χ4v) is 2.98. The number of benzene rings is 2. The topological polar surface area (TPSA) is 60.7 Å². The molecular formula is C16H12F2N4OS. The molecule has 3 aromatic rings. The summed E-state index contributed by atoms with van der Waals surface area (Å²) < 4.78 is 28.5. The molecule has 5 nitrogen and oxygen atoms in total. The molecule has 0 aliphatic rings. The molecule has 0 saturated carbocycles. The van der Waals surface area contributed by atoms with Crippen LogP contribution in [0.15, 0.2) is 53.7 Å². The van der Waals surface area contributed by atoms with E-state index < -0.39 is 22.7 Å². The zero-order valence-electron chi connectivity index (χ0n) is 12.6. The van der Waals surface area contributed by atoms with Crippen molar-refractivity contribution in [1.82, 2.24) is 20.2 Å². The van der Waals surface area contributed by atoms with E-state index in [0.29, 0.717) is 5.16 Å². The molecule has 0 amide bonds. The van der Waals surface area contributed by atoms with E-state index in [9.17, 15) is 13.6 Å². The summed E-state index contributed by atoms with van der Waals surface area (Å²) in [5.41, 5.74) is 0.454. The van der Waals surface area contributed by atoms with Crippen molar-refractivity contribution in [2.75, 3.05) is 0 Å². The Balaban J connectivity index is 1.83. The minimum atomic E-state index is -0.753. The first-order chi connectivity index (χ1) is 11.6. The SMILES string of the molecule is CC(Sc1nnnn1-c1ccccc1)C(=O)c1cc(F)ccc1F. The number of Topliss-reactive ketones (excluding diaryl/α,β-unsaturated/α-hetero) is 1. The number of thioether (sulfide) groups is 1. The van der Waals surface area contributed by atoms with Gasteiger partial charge in [-0.25, -0.2) is 8.78 Å². The Morgan fingerprint density at radius 2 is 1.92 bits per heavy atom. The van der Waals surface area contributed by atoms with Crippen molar-refractivity contribution in [3.05, 3.63) is 65.7 Å². The van der Waals surface area contributed by atoms with E-state index in [-0.39, 0.29) is 5.56 Å². The van der Waals surface area contributed by atoms with E-state index in [1.54, 1.807) is 6.92 Å². The quantitative estimate of drug-likeness (QED) is 0.524. The first kappa shape index (κ1) is 16.3. The van der Waals surface area contributed by atoms with Gasteiger partial charge in [-0.15, -0.1) is 5.10 Å². The molecule has 1 atom stereocenters. The van der Waals surface area contributed by atoms with Crippen LogP contribution >= 0.6 is 11.8 Å². The van der Waals surface area contributed by atoms with Gasteiger partial charge in [0.25, 0.3) is 0 Å². The van der Waals surface area contributed by atoms with Gasteiger partial charge < -0.3 is 0 Å². The van der Waals surface area contributed by atoms with Gasteiger partial charge in [0.1, 0.15) is 11.6 Å². The highest BCUT2D eigenvalue weighted by Crippen LogP contribution is 2.26. The average Bonchev–Trinajstić information content (AvgIpc) is 3.05. The van der Waals surface area contributed by atoms with Crippen LogP contribution in [0.2, 0.25) is 0 Å². The monoisotopic (exact) mass is 346 g/mol. The van der Waals surface area contributed by atoms with Gasteiger partial charge in [-0.05, 0) is 47.7 Å². The highest BCUT2D eigenvalue weighted by atomic mass is 32.2. The van der Waals surface area contributed by atoms with E-state index in [1.807, 2.05) is 30.3 Å². The largest absolute Gasteiger partial charge is 0.293 e. The van der Waals surface area contributed by atoms with Crippen LogP contribution in [0.1, 0.15) is 17.3 Å². The molecule has 0 N–H and O–H groups in total. The summed E-state index contributed by atoms with van der Waals surface area (Å²) in [5, 5.41) is 11.1. The first-order valence-corrected chi connectivity index (χ1v) is 7.94. The van der Waals surface area contributed by atoms with Crippen LogP contribution in [-0.2, 0) is 0 Å². The molecule has 0 fully saturated rings. The lowest BCUT2D eigenvalue weighted by atomic mass is 10.1. The van der Waals surface area contributed by atoms with Crippen molar-refractivity contribution in [1.29, 1.82) is 0 Å². The van der Waals surface area contributed by atoms with Gasteiger partial charge in [-0.1, -0.05) is 30.0 Å². The van der Waals surface area contributed by atoms with Crippen LogP contribution in [-0.4, -0.2) is 31.2 Å². The lowest BCUT2D eigenvalue weighted by molar-refractivity contribution is 0.0989. The molecule has 0 saturated heterocycles. The number of hydrogen-bond acceptors (Lipinski definition) is 5. The maximum atomic E-state index is 13.8. The van der Waals surface area contributed by atoms with Crippen LogP contribution in [0.25, 0.3) is 5.69 Å². The fraction of sp³-hybridized carbons (Fsp3) is 0.125. The summed E-state index contributed by atoms with van der Waals surface area (Å²) in [4.78, 5) is 12.4. The smallest absolute Gasteiger partial charge is 0.214 e. The van der Waals surface area contributed by atoms with Gasteiger partial charge >= 0.3 is 0 Å². The summed E-state index contributed by atoms with van der Waals surface area (Å²) in [6.45, 7) is 1.60. The highest BCUT2D eigenvalue weighted by Gasteiger charge is 2.23. The predicted octanol–water partition coefficient (Wildman–Crippen LogP) is 3.30. The third-order valence-electron chi connectivity index (χ3n) is 3.29. The molecule has 0 spiro atoms. The number of ketones is 1. The van der Waals surface area contributed by atoms with E-state index >= 15 is 0 Å². The van der Waals surface area contributed by atoms with Crippen LogP contribution in [0.3, 0.4) is 0 Å². The number of nitrogens with zero attached hydrogens (tertiary/aromatic N) is 4. The molecule has 1 aromatic heterocycles. The Labute approximate surface area is 140 Å². The third kappa shape index (κ3) is 3.33. The summed E-state index contributed by atoms with van der Waals surface area (Å²) in [5.74, 6) is -1.94. The number of carbonyl (C=O) groups excluding carboxylic acids is 1. The average molecular weight is 346 g/mol. The lowest BCUT2D eigenvalue weighted by Gasteiger charge is -2.10. The Morgan fingerprint density at radius 3 is 2.67 bits per heavy atom. The maximum absolute atomic E-state index is 13.8. The fourth-order valence-electron chi connectivity index (χ4n) is 2.10. The second kappa shape index (κ2) is 6.88. The van der Waals surface area contributed by atoms with Gasteiger partial charge in [-0.3, -0.25) is 4.79 Å². The van der Waals surface area contributed by atoms with Crippen LogP contribution in [0.4, 0.5) is 8.78 Å². The molecule has 2 aromatic carbocycles. The second-order valence-electron chi connectivity index (χ2n) is 4.96. The first-order valence-electron chi connectivity index (χ1n) is 7.06. The number of aromatic nitrogens is 4.